The molecular weight excluding hydrogens is 273 g/mol. The van der Waals surface area contributed by atoms with Crippen molar-refractivity contribution >= 4 is 15.9 Å². The molecule has 3 N–H and O–H groups in total. The fourth-order valence-electron chi connectivity index (χ4n) is 1.53. The van der Waals surface area contributed by atoms with Gasteiger partial charge < -0.3 is 10.8 Å². The van der Waals surface area contributed by atoms with Crippen molar-refractivity contribution in [3.63, 3.8) is 0 Å². The first-order valence-electron chi connectivity index (χ1n) is 5.12. The number of nitrogens with two attached hydrogens (primary N) is 1. The maximum absolute atomic E-state index is 13.6. The van der Waals surface area contributed by atoms with Gasteiger partial charge in [-0.1, -0.05) is 42.8 Å². The van der Waals surface area contributed by atoms with Gasteiger partial charge in [0.2, 0.25) is 0 Å². The Morgan fingerprint density at radius 3 is 2.38 bits per heavy atom. The topological polar surface area (TPSA) is 46.2 Å². The van der Waals surface area contributed by atoms with Gasteiger partial charge in [-0.05, 0) is 17.5 Å². The van der Waals surface area contributed by atoms with E-state index in [1.165, 1.54) is 6.07 Å². The summed E-state index contributed by atoms with van der Waals surface area (Å²) in [6, 6.07) is 3.91. The van der Waals surface area contributed by atoms with Crippen LogP contribution in [0.15, 0.2) is 22.7 Å². The van der Waals surface area contributed by atoms with E-state index in [2.05, 4.69) is 15.9 Å². The third kappa shape index (κ3) is 2.81. The average molecular weight is 290 g/mol. The zero-order valence-corrected chi connectivity index (χ0v) is 11.3. The summed E-state index contributed by atoms with van der Waals surface area (Å²) in [5.41, 5.74) is 5.84. The highest BCUT2D eigenvalue weighted by Gasteiger charge is 2.31. The van der Waals surface area contributed by atoms with Gasteiger partial charge in [0.15, 0.2) is 0 Å². The molecule has 0 saturated heterocycles. The van der Waals surface area contributed by atoms with E-state index in [0.717, 1.165) is 0 Å². The van der Waals surface area contributed by atoms with E-state index in [0.29, 0.717) is 10.0 Å². The van der Waals surface area contributed by atoms with Crippen molar-refractivity contribution in [2.24, 2.45) is 11.1 Å². The van der Waals surface area contributed by atoms with E-state index < -0.39 is 18.0 Å². The molecule has 0 aromatic heterocycles. The Balaban J connectivity index is 3.10. The Hall–Kier alpha value is -0.450. The molecule has 0 aliphatic rings. The van der Waals surface area contributed by atoms with Crippen LogP contribution in [0.4, 0.5) is 4.39 Å². The second-order valence-corrected chi connectivity index (χ2v) is 5.83. The highest BCUT2D eigenvalue weighted by Crippen LogP contribution is 2.33. The zero-order valence-electron chi connectivity index (χ0n) is 9.67. The van der Waals surface area contributed by atoms with Crippen molar-refractivity contribution < 1.29 is 9.50 Å². The first-order valence-corrected chi connectivity index (χ1v) is 5.92. The summed E-state index contributed by atoms with van der Waals surface area (Å²) in [6.07, 6.45) is -0.805. The lowest BCUT2D eigenvalue weighted by molar-refractivity contribution is 0.0389. The van der Waals surface area contributed by atoms with Crippen molar-refractivity contribution in [2.75, 3.05) is 0 Å². The van der Waals surface area contributed by atoms with Crippen LogP contribution in [-0.2, 0) is 0 Å². The Bertz CT molecular complexity index is 356. The van der Waals surface area contributed by atoms with Crippen LogP contribution >= 0.6 is 15.9 Å². The number of benzene rings is 1. The molecule has 0 heterocycles. The van der Waals surface area contributed by atoms with Crippen LogP contribution in [0.2, 0.25) is 0 Å². The van der Waals surface area contributed by atoms with Crippen molar-refractivity contribution in [2.45, 2.75) is 32.9 Å². The van der Waals surface area contributed by atoms with Gasteiger partial charge in [0.1, 0.15) is 5.82 Å². The van der Waals surface area contributed by atoms with E-state index in [4.69, 9.17) is 5.73 Å². The average Bonchev–Trinajstić information content (AvgIpc) is 2.14. The summed E-state index contributed by atoms with van der Waals surface area (Å²) in [6.45, 7) is 5.60. The number of rotatable bonds is 2. The Morgan fingerprint density at radius 2 is 1.94 bits per heavy atom. The van der Waals surface area contributed by atoms with Crippen molar-refractivity contribution in [3.05, 3.63) is 34.1 Å². The fraction of sp³-hybridized carbons (Fsp3) is 0.500. The Labute approximate surface area is 104 Å². The quantitative estimate of drug-likeness (QED) is 0.879. The summed E-state index contributed by atoms with van der Waals surface area (Å²) in [5.74, 6) is -0.398. The lowest BCUT2D eigenvalue weighted by Gasteiger charge is -2.31. The highest BCUT2D eigenvalue weighted by atomic mass is 79.9. The molecule has 4 heteroatoms. The summed E-state index contributed by atoms with van der Waals surface area (Å²) in [4.78, 5) is 0. The molecular formula is C12H17BrFNO. The highest BCUT2D eigenvalue weighted by molar-refractivity contribution is 9.10. The molecule has 0 aliphatic carbocycles. The van der Waals surface area contributed by atoms with Gasteiger partial charge in [0.25, 0.3) is 0 Å². The molecule has 1 rings (SSSR count). The molecule has 1 aromatic carbocycles. The molecule has 2 nitrogen and oxygen atoms in total. The van der Waals surface area contributed by atoms with Gasteiger partial charge in [-0.25, -0.2) is 4.39 Å². The molecule has 1 aromatic rings. The van der Waals surface area contributed by atoms with E-state index in [1.807, 2.05) is 20.8 Å². The molecule has 0 radical (unpaired) electrons. The first kappa shape index (κ1) is 13.6. The van der Waals surface area contributed by atoms with Gasteiger partial charge in [-0.3, -0.25) is 0 Å². The normalized spacial score (nSPS) is 15.9. The van der Waals surface area contributed by atoms with E-state index in [9.17, 15) is 9.50 Å². The van der Waals surface area contributed by atoms with Crippen molar-refractivity contribution in [3.8, 4) is 0 Å². The maximum atomic E-state index is 13.6. The van der Waals surface area contributed by atoms with Crippen LogP contribution < -0.4 is 5.73 Å². The smallest absolute Gasteiger partial charge is 0.129 e. The zero-order chi connectivity index (χ0) is 12.5. The van der Waals surface area contributed by atoms with Gasteiger partial charge in [0.05, 0.1) is 12.1 Å². The number of halogens is 2. The Morgan fingerprint density at radius 1 is 1.38 bits per heavy atom. The van der Waals surface area contributed by atoms with Crippen molar-refractivity contribution in [1.82, 2.24) is 0 Å². The molecule has 0 spiro atoms. The summed E-state index contributed by atoms with van der Waals surface area (Å²) >= 11 is 3.25. The van der Waals surface area contributed by atoms with E-state index >= 15 is 0 Å². The molecule has 0 unspecified atom stereocenters. The van der Waals surface area contributed by atoms with Crippen LogP contribution in [0.25, 0.3) is 0 Å². The largest absolute Gasteiger partial charge is 0.391 e. The molecule has 0 amide bonds. The maximum Gasteiger partial charge on any atom is 0.129 e. The van der Waals surface area contributed by atoms with E-state index in [-0.39, 0.29) is 5.41 Å². The van der Waals surface area contributed by atoms with Crippen LogP contribution in [0, 0.1) is 11.2 Å². The van der Waals surface area contributed by atoms with Gasteiger partial charge in [0, 0.05) is 10.0 Å². The van der Waals surface area contributed by atoms with Crippen LogP contribution in [-0.4, -0.2) is 11.2 Å². The second kappa shape index (κ2) is 4.82. The Kier molecular flexibility index (Phi) is 4.10. The molecule has 0 fully saturated rings. The molecule has 0 saturated carbocycles. The number of hydrogen-bond acceptors (Lipinski definition) is 2. The summed E-state index contributed by atoms with van der Waals surface area (Å²) in [5, 5.41) is 10.0. The summed E-state index contributed by atoms with van der Waals surface area (Å²) in [7, 11) is 0. The molecule has 0 bridgehead atoms. The van der Waals surface area contributed by atoms with Gasteiger partial charge >= 0.3 is 0 Å². The first-order chi connectivity index (χ1) is 7.25. The monoisotopic (exact) mass is 289 g/mol. The standard InChI is InChI=1S/C12H17BrFNO/c1-12(2,3)11(16)10(15)9-7(13)5-4-6-8(9)14/h4-6,10-11,16H,15H2,1-3H3/t10-,11-/m1/s1. The van der Waals surface area contributed by atoms with Crippen LogP contribution in [0.5, 0.6) is 0 Å². The lowest BCUT2D eigenvalue weighted by atomic mass is 9.82. The van der Waals surface area contributed by atoms with Gasteiger partial charge in [-0.15, -0.1) is 0 Å². The second-order valence-electron chi connectivity index (χ2n) is 4.97. The van der Waals surface area contributed by atoms with Crippen LogP contribution in [0.3, 0.4) is 0 Å². The minimum Gasteiger partial charge on any atom is -0.391 e. The fourth-order valence-corrected chi connectivity index (χ4v) is 2.13. The van der Waals surface area contributed by atoms with Crippen molar-refractivity contribution in [1.29, 1.82) is 0 Å². The third-order valence-electron chi connectivity index (χ3n) is 2.56. The number of aliphatic hydroxyl groups excluding tert-OH is 1. The lowest BCUT2D eigenvalue weighted by Crippen LogP contribution is -2.37. The number of aliphatic hydroxyl groups is 1. The van der Waals surface area contributed by atoms with Gasteiger partial charge in [-0.2, -0.15) is 0 Å². The minimum atomic E-state index is -0.805. The predicted octanol–water partition coefficient (Wildman–Crippen LogP) is 3.00. The summed E-state index contributed by atoms with van der Waals surface area (Å²) < 4.78 is 14.2. The molecule has 90 valence electrons. The number of hydrogen-bond donors (Lipinski definition) is 2. The van der Waals surface area contributed by atoms with Crippen LogP contribution in [0.1, 0.15) is 32.4 Å². The molecule has 0 aliphatic heterocycles. The minimum absolute atomic E-state index is 0.324. The van der Waals surface area contributed by atoms with E-state index in [1.54, 1.807) is 12.1 Å². The SMILES string of the molecule is CC(C)(C)[C@H](O)[C@H](N)c1c(F)cccc1Br. The molecule has 2 atom stereocenters. The molecule has 16 heavy (non-hydrogen) atoms. The predicted molar refractivity (Wildman–Crippen MR) is 66.5 cm³/mol. The third-order valence-corrected chi connectivity index (χ3v) is 3.25.